The Morgan fingerprint density at radius 3 is 2.55 bits per heavy atom. The van der Waals surface area contributed by atoms with E-state index in [0.717, 1.165) is 12.1 Å². The number of hydrogen-bond donors (Lipinski definition) is 0. The van der Waals surface area contributed by atoms with E-state index in [0.29, 0.717) is 18.1 Å². The molecule has 2 heterocycles. The summed E-state index contributed by atoms with van der Waals surface area (Å²) in [7, 11) is -3.53. The van der Waals surface area contributed by atoms with E-state index in [1.807, 2.05) is 43.9 Å². The molecule has 0 bridgehead atoms. The molecule has 0 N–H and O–H groups in total. The van der Waals surface area contributed by atoms with E-state index in [-0.39, 0.29) is 22.1 Å². The number of hydrogen-bond acceptors (Lipinski definition) is 5. The molecule has 2 atom stereocenters. The highest BCUT2D eigenvalue weighted by Crippen LogP contribution is 2.34. The normalized spacial score (nSPS) is 17.4. The molecular weight excluding hydrogens is 406 g/mol. The number of fused-ring (bicyclic) bond motifs is 1. The average Bonchev–Trinajstić information content (AvgIpc) is 3.04. The maximum Gasteiger partial charge on any atom is 0.244 e. The maximum atomic E-state index is 13.1. The Kier molecular flexibility index (Phi) is 6.65. The van der Waals surface area contributed by atoms with Gasteiger partial charge in [0.2, 0.25) is 15.9 Å². The Hall–Kier alpha value is -1.90. The number of aromatic nitrogens is 1. The number of para-hydroxylation sites is 1. The van der Waals surface area contributed by atoms with Crippen molar-refractivity contribution in [2.24, 2.45) is 0 Å². The van der Waals surface area contributed by atoms with Crippen LogP contribution in [0.2, 0.25) is 0 Å². The van der Waals surface area contributed by atoms with Crippen molar-refractivity contribution in [3.63, 3.8) is 0 Å². The molecule has 1 aromatic carbocycles. The van der Waals surface area contributed by atoms with Gasteiger partial charge in [-0.3, -0.25) is 4.79 Å². The first-order valence-electron chi connectivity index (χ1n) is 9.83. The Morgan fingerprint density at radius 1 is 1.24 bits per heavy atom. The molecule has 8 heteroatoms. The highest BCUT2D eigenvalue weighted by Gasteiger charge is 2.33. The fourth-order valence-corrected chi connectivity index (χ4v) is 5.87. The maximum absolute atomic E-state index is 13.1. The average molecular weight is 434 g/mol. The van der Waals surface area contributed by atoms with Crippen LogP contribution in [-0.2, 0) is 21.2 Å². The Morgan fingerprint density at radius 2 is 1.93 bits per heavy atom. The molecule has 0 aliphatic carbocycles. The quantitative estimate of drug-likeness (QED) is 0.624. The summed E-state index contributed by atoms with van der Waals surface area (Å²) in [6, 6.07) is 11.4. The van der Waals surface area contributed by atoms with Gasteiger partial charge in [-0.15, -0.1) is 0 Å². The second kappa shape index (κ2) is 8.85. The lowest BCUT2D eigenvalue weighted by molar-refractivity contribution is -0.118. The number of thioether (sulfide) groups is 1. The Bertz CT molecular complexity index is 973. The van der Waals surface area contributed by atoms with Crippen molar-refractivity contribution >= 4 is 33.4 Å². The Balaban J connectivity index is 1.73. The number of pyridine rings is 1. The lowest BCUT2D eigenvalue weighted by Crippen LogP contribution is -2.40. The molecule has 0 saturated carbocycles. The van der Waals surface area contributed by atoms with Crippen molar-refractivity contribution in [3.8, 4) is 0 Å². The number of carbonyl (C=O) groups excluding carboxylic acids is 1. The molecule has 6 nitrogen and oxygen atoms in total. The summed E-state index contributed by atoms with van der Waals surface area (Å²) < 4.78 is 26.6. The summed E-state index contributed by atoms with van der Waals surface area (Å²) in [6.45, 7) is 8.36. The van der Waals surface area contributed by atoms with E-state index < -0.39 is 10.0 Å². The molecule has 0 radical (unpaired) electrons. The minimum atomic E-state index is -3.53. The minimum absolute atomic E-state index is 0.0362. The number of carbonyl (C=O) groups is 1. The van der Waals surface area contributed by atoms with Gasteiger partial charge >= 0.3 is 0 Å². The van der Waals surface area contributed by atoms with Crippen molar-refractivity contribution < 1.29 is 13.2 Å². The fourth-order valence-electron chi connectivity index (χ4n) is 3.63. The van der Waals surface area contributed by atoms with Crippen molar-refractivity contribution in [1.29, 1.82) is 0 Å². The monoisotopic (exact) mass is 433 g/mol. The van der Waals surface area contributed by atoms with Crippen molar-refractivity contribution in [2.45, 2.75) is 55.3 Å². The predicted octanol–water partition coefficient (Wildman–Crippen LogP) is 3.57. The summed E-state index contributed by atoms with van der Waals surface area (Å²) in [6.07, 6.45) is 2.23. The van der Waals surface area contributed by atoms with E-state index in [1.54, 1.807) is 12.1 Å². The number of nitrogens with zero attached hydrogens (tertiary/aromatic N) is 3. The third-order valence-corrected chi connectivity index (χ3v) is 8.21. The van der Waals surface area contributed by atoms with Crippen LogP contribution in [0.15, 0.2) is 52.5 Å². The summed E-state index contributed by atoms with van der Waals surface area (Å²) in [5.74, 6) is 0.0362. The van der Waals surface area contributed by atoms with Gasteiger partial charge in [0.05, 0.1) is 10.3 Å². The first kappa shape index (κ1) is 21.8. The highest BCUT2D eigenvalue weighted by atomic mass is 32.2. The smallest absolute Gasteiger partial charge is 0.244 e. The molecule has 1 aliphatic heterocycles. The van der Waals surface area contributed by atoms with Crippen LogP contribution in [-0.4, -0.2) is 48.0 Å². The Labute approximate surface area is 177 Å². The van der Waals surface area contributed by atoms with Crippen molar-refractivity contribution in [2.75, 3.05) is 18.0 Å². The number of rotatable bonds is 7. The van der Waals surface area contributed by atoms with E-state index in [1.165, 1.54) is 27.8 Å². The van der Waals surface area contributed by atoms with Crippen LogP contribution in [0, 0.1) is 0 Å². The van der Waals surface area contributed by atoms with Crippen LogP contribution in [0.5, 0.6) is 0 Å². The third-order valence-electron chi connectivity index (χ3n) is 5.14. The zero-order chi connectivity index (χ0) is 21.2. The molecule has 3 rings (SSSR count). The number of anilines is 1. The number of benzene rings is 1. The first-order chi connectivity index (χ1) is 13.8. The zero-order valence-electron chi connectivity index (χ0n) is 17.2. The summed E-state index contributed by atoms with van der Waals surface area (Å²) in [5.41, 5.74) is 2.17. The molecule has 1 amide bonds. The largest absolute Gasteiger partial charge is 0.308 e. The second-order valence-corrected chi connectivity index (χ2v) is 10.4. The van der Waals surface area contributed by atoms with Crippen LogP contribution < -0.4 is 4.90 Å². The van der Waals surface area contributed by atoms with Crippen LogP contribution in [0.1, 0.15) is 33.3 Å². The van der Waals surface area contributed by atoms with Gasteiger partial charge in [-0.1, -0.05) is 43.8 Å². The zero-order valence-corrected chi connectivity index (χ0v) is 18.8. The lowest BCUT2D eigenvalue weighted by atomic mass is 10.1. The van der Waals surface area contributed by atoms with Gasteiger partial charge in [0.25, 0.3) is 0 Å². The molecule has 0 spiro atoms. The van der Waals surface area contributed by atoms with Gasteiger partial charge in [-0.2, -0.15) is 4.31 Å². The molecule has 2 aromatic rings. The standard InChI is InChI=1S/C21H27N3O3S2/c1-5-23(6-2)29(26,27)18-11-12-20(22-14-18)28-16(4)21(25)24-15(3)13-17-9-7-8-10-19(17)24/h7-12,14-16H,5-6,13H2,1-4H3. The highest BCUT2D eigenvalue weighted by molar-refractivity contribution is 8.00. The second-order valence-electron chi connectivity index (χ2n) is 7.07. The van der Waals surface area contributed by atoms with E-state index in [2.05, 4.69) is 18.0 Å². The molecular formula is C21H27N3O3S2. The van der Waals surface area contributed by atoms with Crippen LogP contribution in [0.3, 0.4) is 0 Å². The SMILES string of the molecule is CCN(CC)S(=O)(=O)c1ccc(SC(C)C(=O)N2c3ccccc3CC2C)nc1. The summed E-state index contributed by atoms with van der Waals surface area (Å²) >= 11 is 1.34. The molecule has 0 fully saturated rings. The van der Waals surface area contributed by atoms with E-state index in [9.17, 15) is 13.2 Å². The van der Waals surface area contributed by atoms with E-state index >= 15 is 0 Å². The lowest BCUT2D eigenvalue weighted by Gasteiger charge is -2.25. The molecule has 29 heavy (non-hydrogen) atoms. The topological polar surface area (TPSA) is 70.6 Å². The summed E-state index contributed by atoms with van der Waals surface area (Å²) in [5, 5.41) is 0.297. The predicted molar refractivity (Wildman–Crippen MR) is 117 cm³/mol. The molecule has 2 unspecified atom stereocenters. The third kappa shape index (κ3) is 4.34. The molecule has 1 aliphatic rings. The van der Waals surface area contributed by atoms with Gasteiger partial charge in [-0.25, -0.2) is 13.4 Å². The van der Waals surface area contributed by atoms with Gasteiger partial charge in [0.1, 0.15) is 4.90 Å². The van der Waals surface area contributed by atoms with Gasteiger partial charge in [0.15, 0.2) is 0 Å². The first-order valence-corrected chi connectivity index (χ1v) is 12.1. The molecule has 0 saturated heterocycles. The number of sulfonamides is 1. The van der Waals surface area contributed by atoms with Crippen molar-refractivity contribution in [1.82, 2.24) is 9.29 Å². The summed E-state index contributed by atoms with van der Waals surface area (Å²) in [4.78, 5) is 19.4. The van der Waals surface area contributed by atoms with Crippen molar-refractivity contribution in [3.05, 3.63) is 48.2 Å². The van der Waals surface area contributed by atoms with Crippen LogP contribution >= 0.6 is 11.8 Å². The molecule has 156 valence electrons. The van der Waals surface area contributed by atoms with Gasteiger partial charge in [-0.05, 0) is 44.0 Å². The molecule has 1 aromatic heterocycles. The van der Waals surface area contributed by atoms with Gasteiger partial charge < -0.3 is 4.90 Å². The van der Waals surface area contributed by atoms with E-state index in [4.69, 9.17) is 0 Å². The van der Waals surface area contributed by atoms with Crippen LogP contribution in [0.25, 0.3) is 0 Å². The van der Waals surface area contributed by atoms with Gasteiger partial charge in [0, 0.05) is 31.0 Å². The number of amides is 1. The fraction of sp³-hybridized carbons (Fsp3) is 0.429. The van der Waals surface area contributed by atoms with Crippen LogP contribution in [0.4, 0.5) is 5.69 Å². The minimum Gasteiger partial charge on any atom is -0.308 e.